The van der Waals surface area contributed by atoms with Gasteiger partial charge >= 0.3 is 0 Å². The Morgan fingerprint density at radius 2 is 2.21 bits per heavy atom. The number of nitrogens with zero attached hydrogens (tertiary/aromatic N) is 4. The molecule has 2 aromatic rings. The van der Waals surface area contributed by atoms with Crippen LogP contribution < -0.4 is 5.32 Å². The van der Waals surface area contributed by atoms with E-state index in [9.17, 15) is 4.39 Å². The van der Waals surface area contributed by atoms with Gasteiger partial charge in [0.2, 0.25) is 0 Å². The molecule has 0 radical (unpaired) electrons. The van der Waals surface area contributed by atoms with Crippen molar-refractivity contribution in [3.63, 3.8) is 0 Å². The molecule has 7 heteroatoms. The molecule has 1 aromatic heterocycles. The number of halogens is 2. The number of tetrazole rings is 1. The first kappa shape index (κ1) is 14.1. The van der Waals surface area contributed by atoms with E-state index in [1.807, 2.05) is 6.92 Å². The molecular formula is C12H15BrFN5. The molecule has 0 atom stereocenters. The lowest BCUT2D eigenvalue weighted by molar-refractivity contribution is 0.611. The molecule has 0 saturated heterocycles. The molecule has 0 aliphatic carbocycles. The lowest BCUT2D eigenvalue weighted by Gasteiger charge is -2.09. The first-order valence-corrected chi connectivity index (χ1v) is 6.86. The maximum atomic E-state index is 13.6. The standard InChI is InChI=1S/C12H15BrFN5/c1-3-4-15-7-12-16-17-18-19(12)11-6-10(14)9(13)5-8(11)2/h5-6,15H,3-4,7H2,1-2H3. The van der Waals surface area contributed by atoms with Crippen molar-refractivity contribution in [2.45, 2.75) is 26.8 Å². The minimum atomic E-state index is -0.330. The van der Waals surface area contributed by atoms with E-state index in [0.29, 0.717) is 22.5 Å². The summed E-state index contributed by atoms with van der Waals surface area (Å²) in [5.74, 6) is 0.335. The van der Waals surface area contributed by atoms with Crippen molar-refractivity contribution in [3.05, 3.63) is 33.8 Å². The maximum absolute atomic E-state index is 13.6. The second kappa shape index (κ2) is 6.21. The minimum absolute atomic E-state index is 0.330. The lowest BCUT2D eigenvalue weighted by Crippen LogP contribution is -2.18. The molecule has 1 N–H and O–H groups in total. The number of aryl methyl sites for hydroxylation is 1. The normalized spacial score (nSPS) is 10.9. The van der Waals surface area contributed by atoms with E-state index < -0.39 is 0 Å². The Hall–Kier alpha value is -1.34. The van der Waals surface area contributed by atoms with E-state index in [0.717, 1.165) is 18.5 Å². The van der Waals surface area contributed by atoms with Crippen LogP contribution in [0.3, 0.4) is 0 Å². The average molecular weight is 328 g/mol. The van der Waals surface area contributed by atoms with Gasteiger partial charge in [-0.15, -0.1) is 5.10 Å². The third-order valence-electron chi connectivity index (χ3n) is 2.71. The molecular weight excluding hydrogens is 313 g/mol. The number of rotatable bonds is 5. The van der Waals surface area contributed by atoms with Gasteiger partial charge in [0, 0.05) is 6.07 Å². The smallest absolute Gasteiger partial charge is 0.170 e. The Bertz CT molecular complexity index is 569. The molecule has 5 nitrogen and oxygen atoms in total. The van der Waals surface area contributed by atoms with E-state index in [-0.39, 0.29) is 5.82 Å². The topological polar surface area (TPSA) is 55.6 Å². The first-order valence-electron chi connectivity index (χ1n) is 6.07. The highest BCUT2D eigenvalue weighted by Gasteiger charge is 2.12. The number of hydrogen-bond donors (Lipinski definition) is 1. The third kappa shape index (κ3) is 3.16. The van der Waals surface area contributed by atoms with Gasteiger partial charge in [-0.3, -0.25) is 0 Å². The van der Waals surface area contributed by atoms with Crippen molar-refractivity contribution < 1.29 is 4.39 Å². The Balaban J connectivity index is 2.32. The van der Waals surface area contributed by atoms with Crippen LogP contribution in [0.1, 0.15) is 24.7 Å². The quantitative estimate of drug-likeness (QED) is 0.856. The zero-order chi connectivity index (χ0) is 13.8. The van der Waals surface area contributed by atoms with Crippen molar-refractivity contribution >= 4 is 15.9 Å². The average Bonchev–Trinajstić information content (AvgIpc) is 2.82. The van der Waals surface area contributed by atoms with E-state index in [4.69, 9.17) is 0 Å². The van der Waals surface area contributed by atoms with Crippen LogP contribution >= 0.6 is 15.9 Å². The number of nitrogens with one attached hydrogen (secondary N) is 1. The Morgan fingerprint density at radius 3 is 2.95 bits per heavy atom. The molecule has 0 fully saturated rings. The summed E-state index contributed by atoms with van der Waals surface area (Å²) in [6, 6.07) is 3.15. The highest BCUT2D eigenvalue weighted by atomic mass is 79.9. The molecule has 102 valence electrons. The third-order valence-corrected chi connectivity index (χ3v) is 3.32. The summed E-state index contributed by atoms with van der Waals surface area (Å²) in [6.45, 7) is 5.42. The number of hydrogen-bond acceptors (Lipinski definition) is 4. The van der Waals surface area contributed by atoms with Gasteiger partial charge in [0.05, 0.1) is 16.7 Å². The van der Waals surface area contributed by atoms with Gasteiger partial charge in [-0.1, -0.05) is 6.92 Å². The molecule has 19 heavy (non-hydrogen) atoms. The highest BCUT2D eigenvalue weighted by Crippen LogP contribution is 2.23. The summed E-state index contributed by atoms with van der Waals surface area (Å²) in [5.41, 5.74) is 1.55. The zero-order valence-electron chi connectivity index (χ0n) is 10.8. The highest BCUT2D eigenvalue weighted by molar-refractivity contribution is 9.10. The van der Waals surface area contributed by atoms with Crippen LogP contribution in [-0.4, -0.2) is 26.8 Å². The molecule has 0 aliphatic rings. The predicted molar refractivity (Wildman–Crippen MR) is 73.5 cm³/mol. The summed E-state index contributed by atoms with van der Waals surface area (Å²) in [6.07, 6.45) is 1.04. The minimum Gasteiger partial charge on any atom is -0.310 e. The second-order valence-electron chi connectivity index (χ2n) is 4.24. The summed E-state index contributed by atoms with van der Waals surface area (Å²) >= 11 is 3.17. The van der Waals surface area contributed by atoms with Crippen LogP contribution in [0.5, 0.6) is 0 Å². The summed E-state index contributed by atoms with van der Waals surface area (Å²) in [4.78, 5) is 0. The van der Waals surface area contributed by atoms with Crippen molar-refractivity contribution in [3.8, 4) is 5.69 Å². The fraction of sp³-hybridized carbons (Fsp3) is 0.417. The van der Waals surface area contributed by atoms with Crippen LogP contribution in [0.2, 0.25) is 0 Å². The first-order chi connectivity index (χ1) is 9.13. The van der Waals surface area contributed by atoms with Crippen molar-refractivity contribution in [1.29, 1.82) is 0 Å². The lowest BCUT2D eigenvalue weighted by atomic mass is 10.2. The fourth-order valence-corrected chi connectivity index (χ4v) is 2.20. The Morgan fingerprint density at radius 1 is 1.42 bits per heavy atom. The molecule has 0 bridgehead atoms. The summed E-state index contributed by atoms with van der Waals surface area (Å²) in [5, 5.41) is 14.8. The Labute approximate surface area is 119 Å². The zero-order valence-corrected chi connectivity index (χ0v) is 12.4. The SMILES string of the molecule is CCCNCc1nnnn1-c1cc(F)c(Br)cc1C. The number of benzene rings is 1. The molecule has 1 heterocycles. The van der Waals surface area contributed by atoms with Crippen LogP contribution in [-0.2, 0) is 6.54 Å². The van der Waals surface area contributed by atoms with E-state index in [1.165, 1.54) is 6.07 Å². The van der Waals surface area contributed by atoms with Gasteiger partial charge in [-0.2, -0.15) is 4.68 Å². The molecule has 0 aliphatic heterocycles. The second-order valence-corrected chi connectivity index (χ2v) is 5.09. The summed E-state index contributed by atoms with van der Waals surface area (Å²) < 4.78 is 15.6. The van der Waals surface area contributed by atoms with Crippen LogP contribution in [0, 0.1) is 12.7 Å². The van der Waals surface area contributed by atoms with Crippen LogP contribution in [0.4, 0.5) is 4.39 Å². The summed E-state index contributed by atoms with van der Waals surface area (Å²) in [7, 11) is 0. The molecule has 1 aromatic carbocycles. The predicted octanol–water partition coefficient (Wildman–Crippen LogP) is 2.37. The molecule has 0 unspecified atom stereocenters. The van der Waals surface area contributed by atoms with E-state index >= 15 is 0 Å². The van der Waals surface area contributed by atoms with Gasteiger partial charge in [-0.25, -0.2) is 4.39 Å². The maximum Gasteiger partial charge on any atom is 0.170 e. The van der Waals surface area contributed by atoms with Gasteiger partial charge in [-0.05, 0) is 57.9 Å². The van der Waals surface area contributed by atoms with E-state index in [2.05, 4.69) is 43.7 Å². The van der Waals surface area contributed by atoms with Gasteiger partial charge < -0.3 is 5.32 Å². The fourth-order valence-electron chi connectivity index (χ4n) is 1.74. The molecule has 0 amide bonds. The van der Waals surface area contributed by atoms with Gasteiger partial charge in [0.15, 0.2) is 5.82 Å². The van der Waals surface area contributed by atoms with Crippen molar-refractivity contribution in [2.75, 3.05) is 6.54 Å². The van der Waals surface area contributed by atoms with Crippen LogP contribution in [0.25, 0.3) is 5.69 Å². The Kier molecular flexibility index (Phi) is 4.60. The molecule has 2 rings (SSSR count). The largest absolute Gasteiger partial charge is 0.310 e. The van der Waals surface area contributed by atoms with Crippen LogP contribution in [0.15, 0.2) is 16.6 Å². The molecule has 0 saturated carbocycles. The van der Waals surface area contributed by atoms with Crippen molar-refractivity contribution in [2.24, 2.45) is 0 Å². The van der Waals surface area contributed by atoms with Gasteiger partial charge in [0.25, 0.3) is 0 Å². The van der Waals surface area contributed by atoms with E-state index in [1.54, 1.807) is 10.7 Å². The van der Waals surface area contributed by atoms with Gasteiger partial charge in [0.1, 0.15) is 5.82 Å². The monoisotopic (exact) mass is 327 g/mol. The molecule has 0 spiro atoms. The van der Waals surface area contributed by atoms with Crippen molar-refractivity contribution in [1.82, 2.24) is 25.5 Å². The number of aromatic nitrogens is 4.